The van der Waals surface area contributed by atoms with Crippen LogP contribution in [0.4, 0.5) is 0 Å². The van der Waals surface area contributed by atoms with Gasteiger partial charge >= 0.3 is 5.97 Å². The lowest BCUT2D eigenvalue weighted by atomic mass is 10.1. The molecule has 0 saturated heterocycles. The van der Waals surface area contributed by atoms with Crippen molar-refractivity contribution in [2.24, 2.45) is 17.3 Å². The van der Waals surface area contributed by atoms with E-state index in [2.05, 4.69) is 0 Å². The number of carbonyl (C=O) groups excluding carboxylic acids is 2. The molecule has 0 amide bonds. The maximum atomic E-state index is 11.5. The first-order valence-electron chi connectivity index (χ1n) is 4.39. The Hall–Kier alpha value is 0.01000. The predicted molar refractivity (Wildman–Crippen MR) is 58.1 cm³/mol. The third kappa shape index (κ3) is 2.99. The van der Waals surface area contributed by atoms with Crippen LogP contribution in [-0.2, 0) is 14.3 Å². The zero-order chi connectivity index (χ0) is 11.9. The van der Waals surface area contributed by atoms with Gasteiger partial charge in [-0.1, -0.05) is 48.7 Å². The zero-order valence-electron chi connectivity index (χ0n) is 8.30. The standard InChI is InChI=1S/C9H11Cl3O3/c1-8(2)5(3-13)6(8)7(14)15-4-9(10,11)12/h3,5-6H,4H2,1-2H3. The summed E-state index contributed by atoms with van der Waals surface area (Å²) in [5, 5.41) is 0. The fourth-order valence-corrected chi connectivity index (χ4v) is 1.79. The Labute approximate surface area is 103 Å². The minimum Gasteiger partial charge on any atom is -0.461 e. The molecule has 0 radical (unpaired) electrons. The SMILES string of the molecule is CC1(C)C(C=O)C1C(=O)OCC(Cl)(Cl)Cl. The molecule has 1 aliphatic rings. The number of rotatable bonds is 3. The van der Waals surface area contributed by atoms with Crippen molar-refractivity contribution in [1.29, 1.82) is 0 Å². The lowest BCUT2D eigenvalue weighted by Gasteiger charge is -2.11. The zero-order valence-corrected chi connectivity index (χ0v) is 10.6. The van der Waals surface area contributed by atoms with Gasteiger partial charge < -0.3 is 9.53 Å². The van der Waals surface area contributed by atoms with Gasteiger partial charge in [-0.3, -0.25) is 4.79 Å². The molecule has 0 aliphatic heterocycles. The fourth-order valence-electron chi connectivity index (χ4n) is 1.62. The summed E-state index contributed by atoms with van der Waals surface area (Å²) in [5.41, 5.74) is -0.341. The third-order valence-corrected chi connectivity index (χ3v) is 3.02. The van der Waals surface area contributed by atoms with E-state index in [9.17, 15) is 9.59 Å². The summed E-state index contributed by atoms with van der Waals surface area (Å²) in [6.07, 6.45) is 0.765. The van der Waals surface area contributed by atoms with Crippen molar-refractivity contribution in [1.82, 2.24) is 0 Å². The van der Waals surface area contributed by atoms with E-state index in [0.29, 0.717) is 0 Å². The summed E-state index contributed by atoms with van der Waals surface area (Å²) in [6, 6.07) is 0. The quantitative estimate of drug-likeness (QED) is 0.450. The van der Waals surface area contributed by atoms with Gasteiger partial charge in [0.25, 0.3) is 0 Å². The number of aldehydes is 1. The molecule has 0 N–H and O–H groups in total. The second kappa shape index (κ2) is 4.11. The molecule has 2 atom stereocenters. The van der Waals surface area contributed by atoms with E-state index in [4.69, 9.17) is 39.5 Å². The Morgan fingerprint density at radius 1 is 1.47 bits per heavy atom. The summed E-state index contributed by atoms with van der Waals surface area (Å²) in [7, 11) is 0. The summed E-state index contributed by atoms with van der Waals surface area (Å²) in [4.78, 5) is 22.1. The molecule has 0 aromatic carbocycles. The Balaban J connectivity index is 2.47. The van der Waals surface area contributed by atoms with Gasteiger partial charge in [0.1, 0.15) is 12.9 Å². The van der Waals surface area contributed by atoms with E-state index in [1.54, 1.807) is 0 Å². The highest BCUT2D eigenvalue weighted by molar-refractivity contribution is 6.67. The first-order chi connectivity index (χ1) is 6.70. The molecule has 1 saturated carbocycles. The molecule has 3 nitrogen and oxygen atoms in total. The van der Waals surface area contributed by atoms with E-state index in [1.807, 2.05) is 13.8 Å². The molecule has 6 heteroatoms. The lowest BCUT2D eigenvalue weighted by Crippen LogP contribution is -2.19. The molecule has 0 aromatic rings. The normalized spacial score (nSPS) is 28.3. The number of esters is 1. The molecule has 1 rings (SSSR count). The Kier molecular flexibility index (Phi) is 3.59. The predicted octanol–water partition coefficient (Wildman–Crippen LogP) is 2.37. The Morgan fingerprint density at radius 3 is 2.33 bits per heavy atom. The minimum atomic E-state index is -1.61. The molecule has 0 spiro atoms. The van der Waals surface area contributed by atoms with E-state index < -0.39 is 15.7 Å². The van der Waals surface area contributed by atoms with Gasteiger partial charge in [-0.2, -0.15) is 0 Å². The van der Waals surface area contributed by atoms with Crippen molar-refractivity contribution in [3.63, 3.8) is 0 Å². The molecule has 15 heavy (non-hydrogen) atoms. The molecular formula is C9H11Cl3O3. The van der Waals surface area contributed by atoms with Crippen LogP contribution < -0.4 is 0 Å². The van der Waals surface area contributed by atoms with Crippen LogP contribution in [-0.4, -0.2) is 22.7 Å². The molecule has 0 heterocycles. The molecule has 0 bridgehead atoms. The Bertz CT molecular complexity index is 283. The maximum absolute atomic E-state index is 11.5. The molecule has 0 aromatic heterocycles. The van der Waals surface area contributed by atoms with Crippen molar-refractivity contribution in [3.8, 4) is 0 Å². The second-order valence-corrected chi connectivity index (χ2v) is 6.70. The molecule has 1 aliphatic carbocycles. The van der Waals surface area contributed by atoms with Gasteiger partial charge in [0.15, 0.2) is 0 Å². The molecule has 2 unspecified atom stereocenters. The smallest absolute Gasteiger partial charge is 0.310 e. The highest BCUT2D eigenvalue weighted by atomic mass is 35.6. The Morgan fingerprint density at radius 2 is 2.00 bits per heavy atom. The van der Waals surface area contributed by atoms with Gasteiger partial charge in [-0.25, -0.2) is 0 Å². The van der Waals surface area contributed by atoms with Crippen LogP contribution in [0.15, 0.2) is 0 Å². The van der Waals surface area contributed by atoms with Gasteiger partial charge in [0, 0.05) is 5.92 Å². The van der Waals surface area contributed by atoms with Crippen LogP contribution in [0, 0.1) is 17.3 Å². The maximum Gasteiger partial charge on any atom is 0.310 e. The number of alkyl halides is 3. The first-order valence-corrected chi connectivity index (χ1v) is 5.52. The summed E-state index contributed by atoms with van der Waals surface area (Å²) in [6.45, 7) is 3.36. The largest absolute Gasteiger partial charge is 0.461 e. The van der Waals surface area contributed by atoms with Crippen LogP contribution >= 0.6 is 34.8 Å². The van der Waals surface area contributed by atoms with Crippen molar-refractivity contribution >= 4 is 47.1 Å². The second-order valence-electron chi connectivity index (χ2n) is 4.18. The number of ether oxygens (including phenoxy) is 1. The molecular weight excluding hydrogens is 262 g/mol. The van der Waals surface area contributed by atoms with Gasteiger partial charge in [0.2, 0.25) is 3.79 Å². The fraction of sp³-hybridized carbons (Fsp3) is 0.778. The van der Waals surface area contributed by atoms with Crippen LogP contribution in [0.1, 0.15) is 13.8 Å². The van der Waals surface area contributed by atoms with Gasteiger partial charge in [-0.15, -0.1) is 0 Å². The van der Waals surface area contributed by atoms with Crippen LogP contribution in [0.25, 0.3) is 0 Å². The van der Waals surface area contributed by atoms with Crippen LogP contribution in [0.3, 0.4) is 0 Å². The van der Waals surface area contributed by atoms with Gasteiger partial charge in [0.05, 0.1) is 5.92 Å². The van der Waals surface area contributed by atoms with Crippen molar-refractivity contribution in [2.45, 2.75) is 17.6 Å². The monoisotopic (exact) mass is 272 g/mol. The van der Waals surface area contributed by atoms with Crippen molar-refractivity contribution in [2.75, 3.05) is 6.61 Å². The van der Waals surface area contributed by atoms with Crippen LogP contribution in [0.5, 0.6) is 0 Å². The number of hydrogen-bond donors (Lipinski definition) is 0. The number of halogens is 3. The average Bonchev–Trinajstić information content (AvgIpc) is 2.62. The minimum absolute atomic E-state index is 0.291. The third-order valence-electron chi connectivity index (χ3n) is 2.69. The summed E-state index contributed by atoms with van der Waals surface area (Å²) < 4.78 is 3.20. The van der Waals surface area contributed by atoms with E-state index in [0.717, 1.165) is 6.29 Å². The first kappa shape index (κ1) is 13.1. The highest BCUT2D eigenvalue weighted by Gasteiger charge is 2.62. The van der Waals surface area contributed by atoms with Crippen LogP contribution in [0.2, 0.25) is 0 Å². The van der Waals surface area contributed by atoms with E-state index in [-0.39, 0.29) is 17.9 Å². The topological polar surface area (TPSA) is 43.4 Å². The van der Waals surface area contributed by atoms with Gasteiger partial charge in [-0.05, 0) is 5.41 Å². The summed E-state index contributed by atoms with van der Waals surface area (Å²) >= 11 is 16.3. The average molecular weight is 274 g/mol. The molecule has 86 valence electrons. The lowest BCUT2D eigenvalue weighted by molar-refractivity contribution is -0.146. The number of hydrogen-bond acceptors (Lipinski definition) is 3. The highest BCUT2D eigenvalue weighted by Crippen LogP contribution is 2.57. The van der Waals surface area contributed by atoms with Crippen molar-refractivity contribution < 1.29 is 14.3 Å². The summed E-state index contributed by atoms with van der Waals surface area (Å²) in [5.74, 6) is -1.19. The molecule has 1 fully saturated rings. The van der Waals surface area contributed by atoms with E-state index in [1.165, 1.54) is 0 Å². The van der Waals surface area contributed by atoms with Crippen molar-refractivity contribution in [3.05, 3.63) is 0 Å². The van der Waals surface area contributed by atoms with E-state index >= 15 is 0 Å². The number of carbonyl (C=O) groups is 2.